The Bertz CT molecular complexity index is 2000. The lowest BCUT2D eigenvalue weighted by Crippen LogP contribution is -2.39. The Labute approximate surface area is 287 Å². The third kappa shape index (κ3) is 6.20. The highest BCUT2D eigenvalue weighted by molar-refractivity contribution is 7.23. The molecule has 266 valence electrons. The number of rotatable bonds is 8. The number of hydrogen-bond acceptors (Lipinski definition) is 11. The molecule has 0 radical (unpaired) electrons. The molecule has 1 amide bonds. The van der Waals surface area contributed by atoms with E-state index in [9.17, 15) is 27.6 Å². The highest BCUT2D eigenvalue weighted by Gasteiger charge is 2.40. The highest BCUT2D eigenvalue weighted by atomic mass is 32.1. The minimum atomic E-state index is -5.11. The minimum absolute atomic E-state index is 0.0172. The van der Waals surface area contributed by atoms with E-state index in [4.69, 9.17) is 19.9 Å². The van der Waals surface area contributed by atoms with E-state index in [1.165, 1.54) is 12.0 Å². The maximum atomic E-state index is 17.1. The van der Waals surface area contributed by atoms with E-state index < -0.39 is 46.6 Å². The van der Waals surface area contributed by atoms with Crippen molar-refractivity contribution in [2.24, 2.45) is 0 Å². The first-order valence-corrected chi connectivity index (χ1v) is 16.6. The largest absolute Gasteiger partial charge is 0.462 e. The van der Waals surface area contributed by atoms with E-state index in [2.05, 4.69) is 9.97 Å². The summed E-state index contributed by atoms with van der Waals surface area (Å²) in [5.74, 6) is -2.20. The van der Waals surface area contributed by atoms with Gasteiger partial charge in [0.05, 0.1) is 29.0 Å². The van der Waals surface area contributed by atoms with Gasteiger partial charge in [-0.2, -0.15) is 28.4 Å². The summed E-state index contributed by atoms with van der Waals surface area (Å²) in [4.78, 5) is 26.4. The first kappa shape index (κ1) is 35.3. The molecule has 6 rings (SSSR count). The SMILES string of the molecule is CCN(c1nc(OCC2CC(OC)CN2C)nc2c(F)c(-c3ccc(F)c4sc(N)c(C#N)c34)c(C(F)(F)F)cc12)C1CCN(C(=O)OC)C1. The molecule has 3 atom stereocenters. The number of nitrogens with zero attached hydrogens (tertiary/aromatic N) is 6. The number of anilines is 2. The van der Waals surface area contributed by atoms with Gasteiger partial charge in [-0.1, -0.05) is 6.07 Å². The molecule has 11 nitrogen and oxygen atoms in total. The van der Waals surface area contributed by atoms with E-state index in [0.717, 1.165) is 18.2 Å². The molecule has 0 bridgehead atoms. The predicted octanol–water partition coefficient (Wildman–Crippen LogP) is 6.03. The summed E-state index contributed by atoms with van der Waals surface area (Å²) in [7, 11) is 4.76. The Morgan fingerprint density at radius 2 is 1.98 bits per heavy atom. The molecule has 0 saturated carbocycles. The maximum Gasteiger partial charge on any atom is 0.417 e. The van der Waals surface area contributed by atoms with Crippen LogP contribution in [0.15, 0.2) is 18.2 Å². The second-order valence-electron chi connectivity index (χ2n) is 12.2. The van der Waals surface area contributed by atoms with Crippen LogP contribution in [0.5, 0.6) is 6.01 Å². The molecule has 4 heterocycles. The summed E-state index contributed by atoms with van der Waals surface area (Å²) < 4.78 is 93.2. The van der Waals surface area contributed by atoms with Gasteiger partial charge in [-0.15, -0.1) is 11.3 Å². The van der Waals surface area contributed by atoms with Gasteiger partial charge in [-0.3, -0.25) is 4.90 Å². The van der Waals surface area contributed by atoms with Crippen molar-refractivity contribution in [1.82, 2.24) is 19.8 Å². The summed E-state index contributed by atoms with van der Waals surface area (Å²) >= 11 is 0.686. The zero-order chi connectivity index (χ0) is 36.1. The van der Waals surface area contributed by atoms with Crippen molar-refractivity contribution in [3.63, 3.8) is 0 Å². The van der Waals surface area contributed by atoms with Crippen LogP contribution in [0, 0.1) is 23.0 Å². The van der Waals surface area contributed by atoms with Crippen molar-refractivity contribution in [3.8, 4) is 23.2 Å². The fourth-order valence-corrected chi connectivity index (χ4v) is 7.86. The van der Waals surface area contributed by atoms with Gasteiger partial charge in [0.25, 0.3) is 0 Å². The van der Waals surface area contributed by atoms with Gasteiger partial charge in [0.15, 0.2) is 5.82 Å². The van der Waals surface area contributed by atoms with Crippen molar-refractivity contribution in [3.05, 3.63) is 41.0 Å². The number of ether oxygens (including phenoxy) is 3. The van der Waals surface area contributed by atoms with Gasteiger partial charge >= 0.3 is 18.3 Å². The number of nitrogens with two attached hydrogens (primary N) is 1. The molecule has 2 aromatic carbocycles. The Hall–Kier alpha value is -4.53. The number of benzene rings is 2. The Morgan fingerprint density at radius 3 is 2.62 bits per heavy atom. The van der Waals surface area contributed by atoms with E-state index in [1.54, 1.807) is 18.9 Å². The zero-order valence-electron chi connectivity index (χ0n) is 27.6. The van der Waals surface area contributed by atoms with Crippen LogP contribution in [0.4, 0.5) is 37.6 Å². The Kier molecular flexibility index (Phi) is 9.64. The Balaban J connectivity index is 1.58. The van der Waals surface area contributed by atoms with Crippen LogP contribution >= 0.6 is 11.3 Å². The van der Waals surface area contributed by atoms with E-state index >= 15 is 4.39 Å². The van der Waals surface area contributed by atoms with Crippen LogP contribution in [0.3, 0.4) is 0 Å². The first-order chi connectivity index (χ1) is 23.8. The number of aromatic nitrogens is 2. The van der Waals surface area contributed by atoms with E-state index in [-0.39, 0.29) is 75.3 Å². The quantitative estimate of drug-likeness (QED) is 0.216. The number of likely N-dealkylation sites (tertiary alicyclic amines) is 2. The number of nitrogen functional groups attached to an aromatic ring is 1. The molecule has 4 aromatic rings. The third-order valence-corrected chi connectivity index (χ3v) is 10.5. The molecule has 2 fully saturated rings. The van der Waals surface area contributed by atoms with Gasteiger partial charge in [0.2, 0.25) is 0 Å². The first-order valence-electron chi connectivity index (χ1n) is 15.8. The number of thiophene rings is 1. The molecular weight excluding hydrogens is 685 g/mol. The molecule has 2 N–H and O–H groups in total. The number of carbonyl (C=O) groups excluding carboxylic acids is 1. The number of methoxy groups -OCH3 is 2. The highest BCUT2D eigenvalue weighted by Crippen LogP contribution is 2.48. The van der Waals surface area contributed by atoms with Gasteiger partial charge in [0, 0.05) is 61.7 Å². The lowest BCUT2D eigenvalue weighted by atomic mass is 9.92. The number of carbonyl (C=O) groups is 1. The molecule has 3 unspecified atom stereocenters. The maximum absolute atomic E-state index is 17.1. The molecule has 2 aromatic heterocycles. The van der Waals surface area contributed by atoms with Crippen LogP contribution in [0.1, 0.15) is 30.9 Å². The second kappa shape index (κ2) is 13.6. The fraction of sp³-hybridized carbons (Fsp3) is 0.455. The molecule has 17 heteroatoms. The van der Waals surface area contributed by atoms with Crippen LogP contribution < -0.4 is 15.4 Å². The van der Waals surface area contributed by atoms with E-state index in [1.807, 2.05) is 18.0 Å². The number of likely N-dealkylation sites (N-methyl/N-ethyl adjacent to an activating group) is 2. The summed E-state index contributed by atoms with van der Waals surface area (Å²) in [6.07, 6.45) is -4.62. The number of hydrogen-bond donors (Lipinski definition) is 1. The number of nitriles is 1. The molecule has 0 aliphatic carbocycles. The fourth-order valence-electron chi connectivity index (χ4n) is 6.91. The number of alkyl halides is 3. The van der Waals surface area contributed by atoms with Crippen molar-refractivity contribution in [1.29, 1.82) is 5.26 Å². The summed E-state index contributed by atoms with van der Waals surface area (Å²) in [5.41, 5.74) is 2.57. The summed E-state index contributed by atoms with van der Waals surface area (Å²) in [6.45, 7) is 3.24. The monoisotopic (exact) mass is 719 g/mol. The van der Waals surface area contributed by atoms with Crippen LogP contribution in [0.25, 0.3) is 32.1 Å². The third-order valence-electron chi connectivity index (χ3n) is 9.43. The standard InChI is InChI=1S/C33H34F5N7O4S/c1-5-45(16-8-9-44(13-16)32(46)48-4)30-20-11-22(33(36,37)38)25(19-6-7-23(34)28-24(19)21(12-39)29(40)50-28)26(35)27(20)41-31(42-30)49-15-17-10-18(47-3)14-43(17)2/h6-7,11,16-18H,5,8-10,13-15,40H2,1-4H3. The van der Waals surface area contributed by atoms with Crippen molar-refractivity contribution in [2.75, 3.05) is 64.7 Å². The smallest absolute Gasteiger partial charge is 0.417 e. The summed E-state index contributed by atoms with van der Waals surface area (Å²) in [5, 5.41) is 9.23. The topological polar surface area (TPSA) is 130 Å². The lowest BCUT2D eigenvalue weighted by molar-refractivity contribution is -0.137. The zero-order valence-corrected chi connectivity index (χ0v) is 28.4. The van der Waals surface area contributed by atoms with Crippen LogP contribution in [0.2, 0.25) is 0 Å². The molecule has 0 spiro atoms. The predicted molar refractivity (Wildman–Crippen MR) is 177 cm³/mol. The number of halogens is 5. The number of amides is 1. The van der Waals surface area contributed by atoms with Crippen LogP contribution in [-0.4, -0.2) is 98.1 Å². The van der Waals surface area contributed by atoms with Gasteiger partial charge in [-0.25, -0.2) is 13.6 Å². The average molecular weight is 720 g/mol. The van der Waals surface area contributed by atoms with Gasteiger partial charge in [-0.05, 0) is 44.5 Å². The number of fused-ring (bicyclic) bond motifs is 2. The molecule has 2 saturated heterocycles. The van der Waals surface area contributed by atoms with Crippen molar-refractivity contribution < 1.29 is 41.0 Å². The molecule has 2 aliphatic heterocycles. The van der Waals surface area contributed by atoms with E-state index in [0.29, 0.717) is 37.3 Å². The summed E-state index contributed by atoms with van der Waals surface area (Å²) in [6, 6.07) is 3.73. The second-order valence-corrected chi connectivity index (χ2v) is 13.3. The van der Waals surface area contributed by atoms with Crippen molar-refractivity contribution >= 4 is 49.2 Å². The van der Waals surface area contributed by atoms with Gasteiger partial charge < -0.3 is 29.7 Å². The molecular formula is C33H34F5N7O4S. The molecule has 50 heavy (non-hydrogen) atoms. The average Bonchev–Trinajstić information content (AvgIpc) is 3.81. The molecule has 2 aliphatic rings. The van der Waals surface area contributed by atoms with Gasteiger partial charge in [0.1, 0.15) is 34.8 Å². The normalized spacial score (nSPS) is 19.8. The minimum Gasteiger partial charge on any atom is -0.462 e. The van der Waals surface area contributed by atoms with Crippen molar-refractivity contribution in [2.45, 2.75) is 44.1 Å². The Morgan fingerprint density at radius 1 is 1.22 bits per heavy atom. The lowest BCUT2D eigenvalue weighted by Gasteiger charge is -2.30. The van der Waals surface area contributed by atoms with Crippen LogP contribution in [-0.2, 0) is 15.7 Å².